The molecule has 0 atom stereocenters. The van der Waals surface area contributed by atoms with Crippen molar-refractivity contribution in [3.8, 4) is 0 Å². The molecule has 26 heavy (non-hydrogen) atoms. The van der Waals surface area contributed by atoms with E-state index in [1.165, 1.54) is 5.56 Å². The fourth-order valence-electron chi connectivity index (χ4n) is 3.10. The van der Waals surface area contributed by atoms with Crippen LogP contribution in [0.15, 0.2) is 54.6 Å². The third-order valence-corrected chi connectivity index (χ3v) is 4.57. The number of nitrogens with zero attached hydrogens (tertiary/aromatic N) is 1. The summed E-state index contributed by atoms with van der Waals surface area (Å²) in [6.45, 7) is 2.33. The highest BCUT2D eigenvalue weighted by atomic mass is 16.2. The summed E-state index contributed by atoms with van der Waals surface area (Å²) in [5.41, 5.74) is 2.89. The molecule has 3 rings (SSSR count). The second-order valence-electron chi connectivity index (χ2n) is 6.58. The van der Waals surface area contributed by atoms with Crippen molar-refractivity contribution in [1.82, 2.24) is 10.2 Å². The number of hydrogen-bond acceptors (Lipinski definition) is 2. The van der Waals surface area contributed by atoms with Crippen molar-refractivity contribution >= 4 is 17.6 Å². The molecule has 0 radical (unpaired) electrons. The van der Waals surface area contributed by atoms with Gasteiger partial charge in [0.05, 0.1) is 6.42 Å². The van der Waals surface area contributed by atoms with Crippen LogP contribution in [0.2, 0.25) is 0 Å². The van der Waals surface area contributed by atoms with Gasteiger partial charge < -0.3 is 15.5 Å². The fourth-order valence-corrected chi connectivity index (χ4v) is 3.10. The van der Waals surface area contributed by atoms with Gasteiger partial charge in [-0.2, -0.15) is 0 Å². The molecule has 0 saturated carbocycles. The maximum atomic E-state index is 12.2. The van der Waals surface area contributed by atoms with Gasteiger partial charge in [0, 0.05) is 25.3 Å². The van der Waals surface area contributed by atoms with Gasteiger partial charge in [-0.15, -0.1) is 0 Å². The van der Waals surface area contributed by atoms with E-state index in [1.54, 1.807) is 0 Å². The minimum atomic E-state index is -0.221. The highest BCUT2D eigenvalue weighted by Gasteiger charge is 2.17. The predicted octanol–water partition coefficient (Wildman–Crippen LogP) is 3.22. The predicted molar refractivity (Wildman–Crippen MR) is 103 cm³/mol. The summed E-state index contributed by atoms with van der Waals surface area (Å²) in [6.07, 6.45) is 3.43. The van der Waals surface area contributed by atoms with Gasteiger partial charge in [-0.25, -0.2) is 4.79 Å². The van der Waals surface area contributed by atoms with E-state index in [-0.39, 0.29) is 11.9 Å². The minimum absolute atomic E-state index is 0.182. The van der Waals surface area contributed by atoms with Crippen molar-refractivity contribution in [2.24, 2.45) is 0 Å². The monoisotopic (exact) mass is 351 g/mol. The Morgan fingerprint density at radius 2 is 1.58 bits per heavy atom. The van der Waals surface area contributed by atoms with Crippen LogP contribution in [0.1, 0.15) is 24.0 Å². The van der Waals surface area contributed by atoms with Gasteiger partial charge in [-0.05, 0) is 42.5 Å². The average Bonchev–Trinajstić information content (AvgIpc) is 3.19. The number of hydrogen-bond donors (Lipinski definition) is 2. The second-order valence-corrected chi connectivity index (χ2v) is 6.58. The lowest BCUT2D eigenvalue weighted by Crippen LogP contribution is -2.30. The SMILES string of the molecule is O=C(NCCc1ccccc1)Nc1ccc(CC(=O)N2CCCC2)cc1. The third kappa shape index (κ3) is 5.34. The zero-order valence-electron chi connectivity index (χ0n) is 14.9. The van der Waals surface area contributed by atoms with Crippen molar-refractivity contribution < 1.29 is 9.59 Å². The molecular formula is C21H25N3O2. The van der Waals surface area contributed by atoms with Crippen LogP contribution >= 0.6 is 0 Å². The van der Waals surface area contributed by atoms with E-state index in [9.17, 15) is 9.59 Å². The van der Waals surface area contributed by atoms with Crippen molar-refractivity contribution in [2.45, 2.75) is 25.7 Å². The van der Waals surface area contributed by atoms with Gasteiger partial charge >= 0.3 is 6.03 Å². The highest BCUT2D eigenvalue weighted by molar-refractivity contribution is 5.89. The Balaban J connectivity index is 1.41. The Bertz CT molecular complexity index is 723. The Morgan fingerprint density at radius 1 is 0.885 bits per heavy atom. The van der Waals surface area contributed by atoms with Crippen LogP contribution in [0.25, 0.3) is 0 Å². The van der Waals surface area contributed by atoms with E-state index in [1.807, 2.05) is 59.5 Å². The summed E-state index contributed by atoms with van der Waals surface area (Å²) in [5, 5.41) is 5.67. The van der Waals surface area contributed by atoms with Crippen LogP contribution in [0.5, 0.6) is 0 Å². The molecule has 0 unspecified atom stereocenters. The Labute approximate surface area is 154 Å². The molecule has 0 spiro atoms. The number of carbonyl (C=O) groups excluding carboxylic acids is 2. The third-order valence-electron chi connectivity index (χ3n) is 4.57. The minimum Gasteiger partial charge on any atom is -0.342 e. The summed E-state index contributed by atoms with van der Waals surface area (Å²) >= 11 is 0. The van der Waals surface area contributed by atoms with E-state index < -0.39 is 0 Å². The zero-order valence-corrected chi connectivity index (χ0v) is 14.9. The van der Waals surface area contributed by atoms with Crippen LogP contribution < -0.4 is 10.6 Å². The Morgan fingerprint density at radius 3 is 2.27 bits per heavy atom. The molecule has 5 heteroatoms. The maximum absolute atomic E-state index is 12.2. The fraction of sp³-hybridized carbons (Fsp3) is 0.333. The second kappa shape index (κ2) is 9.04. The lowest BCUT2D eigenvalue weighted by Gasteiger charge is -2.15. The van der Waals surface area contributed by atoms with E-state index in [4.69, 9.17) is 0 Å². The van der Waals surface area contributed by atoms with E-state index in [2.05, 4.69) is 10.6 Å². The zero-order chi connectivity index (χ0) is 18.2. The summed E-state index contributed by atoms with van der Waals surface area (Å²) in [5.74, 6) is 0.182. The number of carbonyl (C=O) groups is 2. The molecular weight excluding hydrogens is 326 g/mol. The first-order chi connectivity index (χ1) is 12.7. The van der Waals surface area contributed by atoms with Crippen LogP contribution in [0.4, 0.5) is 10.5 Å². The molecule has 5 nitrogen and oxygen atoms in total. The highest BCUT2D eigenvalue weighted by Crippen LogP contribution is 2.13. The lowest BCUT2D eigenvalue weighted by molar-refractivity contribution is -0.129. The summed E-state index contributed by atoms with van der Waals surface area (Å²) < 4.78 is 0. The van der Waals surface area contributed by atoms with Gasteiger partial charge in [0.15, 0.2) is 0 Å². The molecule has 0 bridgehead atoms. The molecule has 2 aromatic carbocycles. The molecule has 0 aliphatic carbocycles. The van der Waals surface area contributed by atoms with E-state index in [0.29, 0.717) is 13.0 Å². The van der Waals surface area contributed by atoms with Crippen molar-refractivity contribution in [3.05, 3.63) is 65.7 Å². The average molecular weight is 351 g/mol. The summed E-state index contributed by atoms with van der Waals surface area (Å²) in [7, 11) is 0. The first-order valence-corrected chi connectivity index (χ1v) is 9.16. The quantitative estimate of drug-likeness (QED) is 0.839. The normalized spacial score (nSPS) is 13.5. The number of nitrogens with one attached hydrogen (secondary N) is 2. The largest absolute Gasteiger partial charge is 0.342 e. The van der Waals surface area contributed by atoms with Crippen LogP contribution in [-0.2, 0) is 17.6 Å². The number of anilines is 1. The smallest absolute Gasteiger partial charge is 0.319 e. The molecule has 1 aliphatic heterocycles. The van der Waals surface area contributed by atoms with Crippen LogP contribution in [0, 0.1) is 0 Å². The molecule has 1 fully saturated rings. The number of amides is 3. The molecule has 0 aromatic heterocycles. The molecule has 136 valence electrons. The van der Waals surface area contributed by atoms with Gasteiger partial charge in [0.1, 0.15) is 0 Å². The van der Waals surface area contributed by atoms with E-state index in [0.717, 1.165) is 43.6 Å². The molecule has 3 amide bonds. The molecule has 2 aromatic rings. The lowest BCUT2D eigenvalue weighted by atomic mass is 10.1. The molecule has 1 heterocycles. The summed E-state index contributed by atoms with van der Waals surface area (Å²) in [4.78, 5) is 26.0. The molecule has 2 N–H and O–H groups in total. The Hall–Kier alpha value is -2.82. The molecule has 1 saturated heterocycles. The van der Waals surface area contributed by atoms with E-state index >= 15 is 0 Å². The van der Waals surface area contributed by atoms with Gasteiger partial charge in [0.25, 0.3) is 0 Å². The number of rotatable bonds is 6. The van der Waals surface area contributed by atoms with Gasteiger partial charge in [-0.3, -0.25) is 4.79 Å². The Kier molecular flexibility index (Phi) is 6.25. The summed E-state index contributed by atoms with van der Waals surface area (Å²) in [6, 6.07) is 17.3. The van der Waals surface area contributed by atoms with Crippen LogP contribution in [0.3, 0.4) is 0 Å². The van der Waals surface area contributed by atoms with Crippen molar-refractivity contribution in [2.75, 3.05) is 25.0 Å². The van der Waals surface area contributed by atoms with Gasteiger partial charge in [-0.1, -0.05) is 42.5 Å². The maximum Gasteiger partial charge on any atom is 0.319 e. The van der Waals surface area contributed by atoms with Gasteiger partial charge in [0.2, 0.25) is 5.91 Å². The standard InChI is InChI=1S/C21H25N3O2/c25-20(24-14-4-5-15-24)16-18-8-10-19(11-9-18)23-21(26)22-13-12-17-6-2-1-3-7-17/h1-3,6-11H,4-5,12-16H2,(H2,22,23,26). The van der Waals surface area contributed by atoms with Crippen molar-refractivity contribution in [1.29, 1.82) is 0 Å². The number of likely N-dealkylation sites (tertiary alicyclic amines) is 1. The number of benzene rings is 2. The molecule has 1 aliphatic rings. The number of urea groups is 1. The topological polar surface area (TPSA) is 61.4 Å². The first-order valence-electron chi connectivity index (χ1n) is 9.16. The first kappa shape index (κ1) is 18.0. The van der Waals surface area contributed by atoms with Crippen molar-refractivity contribution in [3.63, 3.8) is 0 Å². The van der Waals surface area contributed by atoms with Crippen LogP contribution in [-0.4, -0.2) is 36.5 Å².